The van der Waals surface area contributed by atoms with E-state index < -0.39 is 5.41 Å². The van der Waals surface area contributed by atoms with Crippen molar-refractivity contribution in [1.82, 2.24) is 0 Å². The second kappa shape index (κ2) is 7.72. The molecule has 0 aliphatic heterocycles. The van der Waals surface area contributed by atoms with Gasteiger partial charge in [-0.1, -0.05) is 115 Å². The Morgan fingerprint density at radius 1 is 0.381 bits per heavy atom. The van der Waals surface area contributed by atoms with Crippen LogP contribution >= 0.6 is 0 Å². The molecule has 3 aliphatic carbocycles. The zero-order valence-electron chi connectivity index (χ0n) is 22.7. The molecule has 0 aromatic heterocycles. The van der Waals surface area contributed by atoms with E-state index in [1.165, 1.54) is 77.5 Å². The first-order valence-electron chi connectivity index (χ1n) is 14.6. The lowest BCUT2D eigenvalue weighted by Crippen LogP contribution is -2.26. The summed E-state index contributed by atoms with van der Waals surface area (Å²) in [7, 11) is 0. The Kier molecular flexibility index (Phi) is 4.12. The number of hydrogen-bond acceptors (Lipinski definition) is 0. The van der Waals surface area contributed by atoms with Crippen molar-refractivity contribution < 1.29 is 4.39 Å². The van der Waals surface area contributed by atoms with E-state index >= 15 is 0 Å². The average Bonchev–Trinajstić information content (AvgIpc) is 3.64. The van der Waals surface area contributed by atoms with Crippen LogP contribution in [0.1, 0.15) is 22.3 Å². The van der Waals surface area contributed by atoms with Crippen LogP contribution in [0.2, 0.25) is 0 Å². The van der Waals surface area contributed by atoms with Gasteiger partial charge in [-0.05, 0) is 113 Å². The second-order valence-corrected chi connectivity index (χ2v) is 11.7. The van der Waals surface area contributed by atoms with Crippen molar-refractivity contribution in [1.29, 1.82) is 0 Å². The zero-order valence-corrected chi connectivity index (χ0v) is 22.7. The maximum atomic E-state index is 13.9. The lowest BCUT2D eigenvalue weighted by atomic mass is 9.69. The summed E-state index contributed by atoms with van der Waals surface area (Å²) in [5.74, 6) is -0.216. The van der Waals surface area contributed by atoms with Gasteiger partial charge in [-0.15, -0.1) is 0 Å². The van der Waals surface area contributed by atoms with Crippen molar-refractivity contribution in [3.63, 3.8) is 0 Å². The minimum Gasteiger partial charge on any atom is -0.207 e. The number of hydrogen-bond donors (Lipinski definition) is 0. The van der Waals surface area contributed by atoms with Gasteiger partial charge in [-0.3, -0.25) is 0 Å². The number of halogens is 1. The first-order chi connectivity index (χ1) is 20.7. The largest absolute Gasteiger partial charge is 0.207 e. The van der Waals surface area contributed by atoms with Crippen LogP contribution in [-0.4, -0.2) is 0 Å². The van der Waals surface area contributed by atoms with Gasteiger partial charge in [0.15, 0.2) is 0 Å². The predicted molar refractivity (Wildman–Crippen MR) is 170 cm³/mol. The monoisotopic (exact) mass is 534 g/mol. The summed E-state index contributed by atoms with van der Waals surface area (Å²) in [5, 5.41) is 2.68. The molecule has 10 rings (SSSR count). The van der Waals surface area contributed by atoms with Gasteiger partial charge in [-0.25, -0.2) is 4.39 Å². The molecule has 0 fully saturated rings. The van der Waals surface area contributed by atoms with E-state index in [4.69, 9.17) is 0 Å². The summed E-state index contributed by atoms with van der Waals surface area (Å²) in [6, 6.07) is 49.8. The van der Waals surface area contributed by atoms with Crippen LogP contribution in [0.4, 0.5) is 4.39 Å². The molecule has 0 nitrogen and oxygen atoms in total. The van der Waals surface area contributed by atoms with Crippen molar-refractivity contribution in [3.8, 4) is 55.6 Å². The lowest BCUT2D eigenvalue weighted by molar-refractivity contribution is 0.628. The molecule has 3 aliphatic rings. The molecule has 1 heteroatoms. The smallest absolute Gasteiger partial charge is 0.123 e. The fraction of sp³-hybridized carbons (Fsp3) is 0.0244. The fourth-order valence-electron chi connectivity index (χ4n) is 8.32. The van der Waals surface area contributed by atoms with Gasteiger partial charge in [0.1, 0.15) is 5.82 Å². The van der Waals surface area contributed by atoms with E-state index in [0.717, 1.165) is 11.1 Å². The van der Waals surface area contributed by atoms with Crippen molar-refractivity contribution in [2.75, 3.05) is 0 Å². The Balaban J connectivity index is 1.39. The van der Waals surface area contributed by atoms with Gasteiger partial charge in [0.2, 0.25) is 0 Å². The van der Waals surface area contributed by atoms with Gasteiger partial charge >= 0.3 is 0 Å². The Morgan fingerprint density at radius 2 is 0.976 bits per heavy atom. The molecular formula is C41H23F. The van der Waals surface area contributed by atoms with Gasteiger partial charge in [-0.2, -0.15) is 0 Å². The van der Waals surface area contributed by atoms with Crippen LogP contribution in [0.3, 0.4) is 0 Å². The third-order valence-electron chi connectivity index (χ3n) is 9.90. The number of fused-ring (bicyclic) bond motifs is 14. The molecule has 7 aromatic rings. The van der Waals surface area contributed by atoms with Gasteiger partial charge in [0.25, 0.3) is 0 Å². The molecule has 0 bridgehead atoms. The van der Waals surface area contributed by atoms with Gasteiger partial charge in [0.05, 0.1) is 5.41 Å². The highest BCUT2D eigenvalue weighted by atomic mass is 19.1. The van der Waals surface area contributed by atoms with Crippen molar-refractivity contribution in [2.45, 2.75) is 5.41 Å². The molecule has 194 valence electrons. The first kappa shape index (κ1) is 22.4. The van der Waals surface area contributed by atoms with E-state index in [0.29, 0.717) is 0 Å². The number of rotatable bonds is 1. The lowest BCUT2D eigenvalue weighted by Gasteiger charge is -2.31. The highest BCUT2D eigenvalue weighted by Gasteiger charge is 2.52. The summed E-state index contributed by atoms with van der Waals surface area (Å²) in [6.45, 7) is 0. The first-order valence-corrected chi connectivity index (χ1v) is 14.6. The van der Waals surface area contributed by atoms with Crippen molar-refractivity contribution >= 4 is 10.8 Å². The Bertz CT molecular complexity index is 2310. The standard InChI is InChI=1S/C41H23F/c42-26-19-16-24(17-20-26)25-18-21-30-29-10-3-5-14-35(29)41(37(30)22-25)36-15-6-4-11-32(36)40-33-13-7-12-31-27-8-1-2-9-28(27)34(39(31)33)23-38(40)41/h1-23H. The van der Waals surface area contributed by atoms with E-state index in [-0.39, 0.29) is 5.82 Å². The molecule has 0 saturated carbocycles. The van der Waals surface area contributed by atoms with E-state index in [9.17, 15) is 4.39 Å². The highest BCUT2D eigenvalue weighted by molar-refractivity contribution is 6.21. The molecule has 7 aromatic carbocycles. The minimum atomic E-state index is -0.452. The maximum Gasteiger partial charge on any atom is 0.123 e. The molecule has 1 unspecified atom stereocenters. The quantitative estimate of drug-likeness (QED) is 0.196. The Morgan fingerprint density at radius 3 is 1.76 bits per heavy atom. The predicted octanol–water partition coefficient (Wildman–Crippen LogP) is 10.6. The van der Waals surface area contributed by atoms with E-state index in [1.54, 1.807) is 12.1 Å². The molecule has 0 N–H and O–H groups in total. The highest BCUT2D eigenvalue weighted by Crippen LogP contribution is 2.65. The average molecular weight is 535 g/mol. The van der Waals surface area contributed by atoms with Crippen LogP contribution in [0.5, 0.6) is 0 Å². The maximum absolute atomic E-state index is 13.9. The molecule has 0 saturated heterocycles. The minimum absolute atomic E-state index is 0.216. The third-order valence-corrected chi connectivity index (χ3v) is 9.90. The molecule has 1 atom stereocenters. The second-order valence-electron chi connectivity index (χ2n) is 11.7. The van der Waals surface area contributed by atoms with Crippen LogP contribution in [0, 0.1) is 5.82 Å². The topological polar surface area (TPSA) is 0 Å². The van der Waals surface area contributed by atoms with Crippen LogP contribution < -0.4 is 0 Å². The Labute approximate surface area is 243 Å². The van der Waals surface area contributed by atoms with Crippen LogP contribution in [-0.2, 0) is 5.41 Å². The number of benzene rings is 7. The molecule has 1 spiro atoms. The molecule has 0 heterocycles. The molecular weight excluding hydrogens is 511 g/mol. The summed E-state index contributed by atoms with van der Waals surface area (Å²) in [6.07, 6.45) is 0. The summed E-state index contributed by atoms with van der Waals surface area (Å²) in [5.41, 5.74) is 17.5. The Hall–Kier alpha value is -5.27. The van der Waals surface area contributed by atoms with Gasteiger partial charge in [0, 0.05) is 0 Å². The molecule has 0 amide bonds. The fourth-order valence-corrected chi connectivity index (χ4v) is 8.32. The van der Waals surface area contributed by atoms with Gasteiger partial charge < -0.3 is 0 Å². The molecule has 42 heavy (non-hydrogen) atoms. The summed E-state index contributed by atoms with van der Waals surface area (Å²) >= 11 is 0. The summed E-state index contributed by atoms with van der Waals surface area (Å²) in [4.78, 5) is 0. The zero-order chi connectivity index (χ0) is 27.6. The summed E-state index contributed by atoms with van der Waals surface area (Å²) < 4.78 is 13.9. The van der Waals surface area contributed by atoms with Crippen LogP contribution in [0.15, 0.2) is 140 Å². The van der Waals surface area contributed by atoms with Crippen LogP contribution in [0.25, 0.3) is 66.4 Å². The van der Waals surface area contributed by atoms with E-state index in [1.807, 2.05) is 12.1 Å². The van der Waals surface area contributed by atoms with E-state index in [2.05, 4.69) is 115 Å². The normalized spacial score (nSPS) is 16.3. The van der Waals surface area contributed by atoms with Crippen molar-refractivity contribution in [2.24, 2.45) is 0 Å². The van der Waals surface area contributed by atoms with Crippen molar-refractivity contribution in [3.05, 3.63) is 168 Å². The third kappa shape index (κ3) is 2.54. The SMILES string of the molecule is Fc1ccc(-c2ccc3c(c2)C2(c4ccccc4-3)c3ccccc3-c3c2cc2c4c(cccc34)-c3ccccc3-2)cc1. The molecule has 0 radical (unpaired) electrons.